The van der Waals surface area contributed by atoms with Gasteiger partial charge in [-0.25, -0.2) is 0 Å². The monoisotopic (exact) mass is 402 g/mol. The van der Waals surface area contributed by atoms with Gasteiger partial charge in [-0.05, 0) is 134 Å². The molecule has 0 nitrogen and oxygen atoms in total. The quantitative estimate of drug-likeness (QED) is 0.476. The van der Waals surface area contributed by atoms with E-state index < -0.39 is 0 Å². The Kier molecular flexibility index (Phi) is 3.73. The fourth-order valence-corrected chi connectivity index (χ4v) is 11.6. The molecule has 0 heteroatoms. The van der Waals surface area contributed by atoms with E-state index in [2.05, 4.69) is 38.1 Å². The smallest absolute Gasteiger partial charge is 0.00364 e. The third kappa shape index (κ3) is 2.46. The summed E-state index contributed by atoms with van der Waals surface area (Å²) in [5, 5.41) is 0. The molecule has 162 valence electrons. The average Bonchev–Trinajstić information content (AvgIpc) is 2.72. The third-order valence-corrected chi connectivity index (χ3v) is 12.0. The molecule has 4 atom stereocenters. The third-order valence-electron chi connectivity index (χ3n) is 12.0. The Morgan fingerprint density at radius 2 is 0.900 bits per heavy atom. The fraction of sp³-hybridized carbons (Fsp3) is 0.800. The van der Waals surface area contributed by atoms with Crippen LogP contribution in [0.5, 0.6) is 0 Å². The lowest BCUT2D eigenvalue weighted by atomic mass is 9.41. The van der Waals surface area contributed by atoms with E-state index >= 15 is 0 Å². The maximum Gasteiger partial charge on any atom is -0.00364 e. The van der Waals surface area contributed by atoms with Gasteiger partial charge in [0.15, 0.2) is 0 Å². The highest BCUT2D eigenvalue weighted by molar-refractivity contribution is 5.37. The topological polar surface area (TPSA) is 0 Å². The minimum atomic E-state index is 0.532. The second kappa shape index (κ2) is 5.96. The minimum Gasteiger partial charge on any atom is -0.0649 e. The van der Waals surface area contributed by atoms with Crippen molar-refractivity contribution in [1.29, 1.82) is 0 Å². The van der Waals surface area contributed by atoms with Gasteiger partial charge >= 0.3 is 0 Å². The molecule has 8 aliphatic carbocycles. The van der Waals surface area contributed by atoms with Crippen LogP contribution in [-0.2, 0) is 10.8 Å². The fourth-order valence-electron chi connectivity index (χ4n) is 11.6. The minimum absolute atomic E-state index is 0.532. The number of rotatable bonds is 4. The number of hydrogen-bond acceptors (Lipinski definition) is 0. The lowest BCUT2D eigenvalue weighted by molar-refractivity contribution is -0.0751. The van der Waals surface area contributed by atoms with E-state index in [0.29, 0.717) is 21.7 Å². The summed E-state index contributed by atoms with van der Waals surface area (Å²) in [7, 11) is 0. The molecule has 8 fully saturated rings. The molecule has 0 spiro atoms. The highest BCUT2D eigenvalue weighted by Crippen LogP contribution is 2.68. The van der Waals surface area contributed by atoms with E-state index in [0.717, 1.165) is 23.7 Å². The zero-order chi connectivity index (χ0) is 20.2. The molecule has 0 aliphatic heterocycles. The molecular weight excluding hydrogens is 360 g/mol. The van der Waals surface area contributed by atoms with Crippen LogP contribution in [0.3, 0.4) is 0 Å². The van der Waals surface area contributed by atoms with Gasteiger partial charge in [0.25, 0.3) is 0 Å². The van der Waals surface area contributed by atoms with Crippen molar-refractivity contribution in [1.82, 2.24) is 0 Å². The van der Waals surface area contributed by atoms with Crippen LogP contribution >= 0.6 is 0 Å². The van der Waals surface area contributed by atoms with Gasteiger partial charge in [-0.1, -0.05) is 51.0 Å². The molecule has 0 heterocycles. The van der Waals surface area contributed by atoms with Gasteiger partial charge in [0.1, 0.15) is 0 Å². The summed E-state index contributed by atoms with van der Waals surface area (Å²) < 4.78 is 0. The summed E-state index contributed by atoms with van der Waals surface area (Å²) in [6, 6.07) is 10.6. The van der Waals surface area contributed by atoms with Crippen molar-refractivity contribution in [3.8, 4) is 0 Å². The first kappa shape index (κ1) is 18.8. The second-order valence-electron chi connectivity index (χ2n) is 13.8. The Morgan fingerprint density at radius 3 is 1.20 bits per heavy atom. The summed E-state index contributed by atoms with van der Waals surface area (Å²) in [6.07, 6.45) is 21.1. The van der Waals surface area contributed by atoms with Gasteiger partial charge < -0.3 is 0 Å². The van der Waals surface area contributed by atoms with Gasteiger partial charge in [0.05, 0.1) is 0 Å². The Bertz CT molecular complexity index is 744. The maximum atomic E-state index is 2.64. The van der Waals surface area contributed by atoms with Crippen molar-refractivity contribution in [3.63, 3.8) is 0 Å². The van der Waals surface area contributed by atoms with Gasteiger partial charge in [0, 0.05) is 0 Å². The van der Waals surface area contributed by atoms with Crippen LogP contribution in [0.15, 0.2) is 24.3 Å². The molecule has 4 unspecified atom stereocenters. The largest absolute Gasteiger partial charge is 0.0649 e. The Morgan fingerprint density at radius 1 is 0.567 bits per heavy atom. The molecule has 8 aliphatic rings. The van der Waals surface area contributed by atoms with E-state index in [-0.39, 0.29) is 0 Å². The Balaban J connectivity index is 1.22. The van der Waals surface area contributed by atoms with Crippen LogP contribution in [0.2, 0.25) is 0 Å². The van der Waals surface area contributed by atoms with Crippen molar-refractivity contribution in [3.05, 3.63) is 35.4 Å². The van der Waals surface area contributed by atoms with E-state index in [9.17, 15) is 0 Å². The normalized spacial score (nSPS) is 52.9. The summed E-state index contributed by atoms with van der Waals surface area (Å²) >= 11 is 0. The zero-order valence-corrected chi connectivity index (χ0v) is 19.5. The van der Waals surface area contributed by atoms with E-state index in [1.165, 1.54) is 51.4 Å². The average molecular weight is 403 g/mol. The molecule has 0 radical (unpaired) electrons. The number of hydrogen-bond donors (Lipinski definition) is 0. The maximum absolute atomic E-state index is 2.64. The van der Waals surface area contributed by atoms with Crippen LogP contribution in [0.25, 0.3) is 0 Å². The van der Waals surface area contributed by atoms with Crippen molar-refractivity contribution in [2.24, 2.45) is 34.5 Å². The molecule has 1 aromatic carbocycles. The van der Waals surface area contributed by atoms with Crippen molar-refractivity contribution in [2.75, 3.05) is 0 Å². The van der Waals surface area contributed by atoms with E-state index in [1.807, 2.05) is 0 Å². The summed E-state index contributed by atoms with van der Waals surface area (Å²) in [6.45, 7) is 4.97. The Hall–Kier alpha value is -0.780. The van der Waals surface area contributed by atoms with Crippen LogP contribution < -0.4 is 0 Å². The van der Waals surface area contributed by atoms with E-state index in [1.54, 1.807) is 49.7 Å². The molecule has 0 saturated heterocycles. The molecular formula is C30H42. The Labute approximate surface area is 184 Å². The highest BCUT2D eigenvalue weighted by atomic mass is 14.6. The summed E-state index contributed by atoms with van der Waals surface area (Å²) in [5.74, 6) is 4.11. The SMILES string of the molecule is CCC12CC3CC(C1)CC(c1ccc(C45CC6CC(CC(CC)(C6)C4)C5)cc1)(C3)C2. The van der Waals surface area contributed by atoms with Gasteiger partial charge in [-0.2, -0.15) is 0 Å². The molecule has 1 aromatic rings. The number of benzene rings is 1. The molecule has 9 rings (SSSR count). The first-order valence-electron chi connectivity index (χ1n) is 13.6. The lowest BCUT2D eigenvalue weighted by Gasteiger charge is -2.63. The van der Waals surface area contributed by atoms with Gasteiger partial charge in [-0.3, -0.25) is 0 Å². The standard InChI is InChI=1S/C30H42/c1-3-27-11-21-9-22(12-27)16-29(15-21,19-27)25-5-7-26(8-6-25)30-17-23-10-24(18-30)14-28(4-2,13-23)20-30/h5-8,21-24H,3-4,9-20H2,1-2H3. The van der Waals surface area contributed by atoms with Crippen LogP contribution in [0.1, 0.15) is 115 Å². The first-order valence-corrected chi connectivity index (χ1v) is 13.6. The summed E-state index contributed by atoms with van der Waals surface area (Å²) in [4.78, 5) is 0. The van der Waals surface area contributed by atoms with Crippen molar-refractivity contribution < 1.29 is 0 Å². The molecule has 0 amide bonds. The molecule has 8 bridgehead atoms. The first-order chi connectivity index (χ1) is 14.5. The van der Waals surface area contributed by atoms with E-state index in [4.69, 9.17) is 0 Å². The molecule has 8 saturated carbocycles. The lowest BCUT2D eigenvalue weighted by Crippen LogP contribution is -2.54. The van der Waals surface area contributed by atoms with Crippen LogP contribution in [-0.4, -0.2) is 0 Å². The summed E-state index contributed by atoms with van der Waals surface area (Å²) in [5.41, 5.74) is 5.91. The molecule has 30 heavy (non-hydrogen) atoms. The van der Waals surface area contributed by atoms with Gasteiger partial charge in [0.2, 0.25) is 0 Å². The van der Waals surface area contributed by atoms with Crippen LogP contribution in [0, 0.1) is 34.5 Å². The highest BCUT2D eigenvalue weighted by Gasteiger charge is 2.59. The molecule has 0 aromatic heterocycles. The second-order valence-corrected chi connectivity index (χ2v) is 13.8. The molecule has 0 N–H and O–H groups in total. The zero-order valence-electron chi connectivity index (χ0n) is 19.5. The van der Waals surface area contributed by atoms with Crippen molar-refractivity contribution in [2.45, 2.75) is 115 Å². The van der Waals surface area contributed by atoms with Gasteiger partial charge in [-0.15, -0.1) is 0 Å². The van der Waals surface area contributed by atoms with Crippen LogP contribution in [0.4, 0.5) is 0 Å². The van der Waals surface area contributed by atoms with Crippen molar-refractivity contribution >= 4 is 0 Å². The predicted molar refractivity (Wildman–Crippen MR) is 125 cm³/mol. The predicted octanol–water partition coefficient (Wildman–Crippen LogP) is 8.18.